The zero-order valence-electron chi connectivity index (χ0n) is 12.3. The molecule has 0 saturated carbocycles. The van der Waals surface area contributed by atoms with Crippen LogP contribution in [-0.4, -0.2) is 4.98 Å². The Hall–Kier alpha value is -1.09. The molecule has 0 saturated heterocycles. The first kappa shape index (κ1) is 12.6. The summed E-state index contributed by atoms with van der Waals surface area (Å²) in [7, 11) is 0. The highest BCUT2D eigenvalue weighted by atomic mass is 32.1. The van der Waals surface area contributed by atoms with Crippen LogP contribution in [0.3, 0.4) is 0 Å². The van der Waals surface area contributed by atoms with E-state index in [1.165, 1.54) is 59.1 Å². The van der Waals surface area contributed by atoms with Gasteiger partial charge in [0.15, 0.2) is 0 Å². The van der Waals surface area contributed by atoms with E-state index >= 15 is 0 Å². The average molecular weight is 286 g/mol. The number of anilines is 1. The number of pyridine rings is 1. The summed E-state index contributed by atoms with van der Waals surface area (Å²) in [6, 6.07) is 0. The van der Waals surface area contributed by atoms with E-state index in [2.05, 4.69) is 13.8 Å². The van der Waals surface area contributed by atoms with Crippen LogP contribution in [0.25, 0.3) is 10.2 Å². The van der Waals surface area contributed by atoms with Crippen molar-refractivity contribution in [3.63, 3.8) is 0 Å². The number of aryl methyl sites for hydroxylation is 1. The molecule has 0 radical (unpaired) electrons. The van der Waals surface area contributed by atoms with Gasteiger partial charge in [-0.05, 0) is 61.5 Å². The largest absolute Gasteiger partial charge is 0.398 e. The average Bonchev–Trinajstić information content (AvgIpc) is 2.77. The summed E-state index contributed by atoms with van der Waals surface area (Å²) in [4.78, 5) is 7.78. The van der Waals surface area contributed by atoms with Crippen molar-refractivity contribution in [3.8, 4) is 0 Å². The standard InChI is InChI=1S/C17H22N2S/c1-9-6-7-11-13(8-9)20-17-14(11)15(18)12-5-3-4-10(2)16(12)19-17/h9-10H,3-8H2,1-2H3,(H2,18,19). The van der Waals surface area contributed by atoms with Gasteiger partial charge in [-0.3, -0.25) is 0 Å². The van der Waals surface area contributed by atoms with Gasteiger partial charge < -0.3 is 5.73 Å². The molecule has 2 N–H and O–H groups in total. The van der Waals surface area contributed by atoms with Gasteiger partial charge in [0.05, 0.1) is 5.69 Å². The highest BCUT2D eigenvalue weighted by Crippen LogP contribution is 2.44. The number of hydrogen-bond acceptors (Lipinski definition) is 3. The Morgan fingerprint density at radius 1 is 1.15 bits per heavy atom. The van der Waals surface area contributed by atoms with Crippen molar-refractivity contribution in [2.45, 2.75) is 58.3 Å². The van der Waals surface area contributed by atoms with Crippen LogP contribution in [-0.2, 0) is 19.3 Å². The van der Waals surface area contributed by atoms with Crippen LogP contribution in [0, 0.1) is 5.92 Å². The molecule has 0 fully saturated rings. The molecule has 20 heavy (non-hydrogen) atoms. The van der Waals surface area contributed by atoms with Gasteiger partial charge in [-0.2, -0.15) is 0 Å². The van der Waals surface area contributed by atoms with Crippen molar-refractivity contribution in [3.05, 3.63) is 21.7 Å². The lowest BCUT2D eigenvalue weighted by Gasteiger charge is -2.23. The zero-order valence-corrected chi connectivity index (χ0v) is 13.1. The van der Waals surface area contributed by atoms with Gasteiger partial charge in [0.25, 0.3) is 0 Å². The first-order valence-corrected chi connectivity index (χ1v) is 8.69. The lowest BCUT2D eigenvalue weighted by Crippen LogP contribution is -2.13. The Kier molecular flexibility index (Phi) is 2.81. The molecule has 2 nitrogen and oxygen atoms in total. The fourth-order valence-electron chi connectivity index (χ4n) is 3.95. The number of fused-ring (bicyclic) bond motifs is 4. The third-order valence-corrected chi connectivity index (χ3v) is 6.30. The van der Waals surface area contributed by atoms with Crippen molar-refractivity contribution < 1.29 is 0 Å². The number of nitrogen functional groups attached to an aromatic ring is 1. The van der Waals surface area contributed by atoms with E-state index in [4.69, 9.17) is 10.7 Å². The Morgan fingerprint density at radius 2 is 2.00 bits per heavy atom. The number of rotatable bonds is 0. The van der Waals surface area contributed by atoms with E-state index in [1.807, 2.05) is 11.3 Å². The number of nitrogens with two attached hydrogens (primary N) is 1. The van der Waals surface area contributed by atoms with Crippen LogP contribution in [0.1, 0.15) is 60.7 Å². The highest BCUT2D eigenvalue weighted by molar-refractivity contribution is 7.19. The Morgan fingerprint density at radius 3 is 2.85 bits per heavy atom. The van der Waals surface area contributed by atoms with E-state index < -0.39 is 0 Å². The quantitative estimate of drug-likeness (QED) is 0.777. The Labute approximate surface area is 124 Å². The third kappa shape index (κ3) is 1.72. The SMILES string of the molecule is CC1CCc2c(sc3nc4c(c(N)c23)CCCC4C)C1. The lowest BCUT2D eigenvalue weighted by molar-refractivity contribution is 0.509. The molecule has 4 rings (SSSR count). The third-order valence-electron chi connectivity index (χ3n) is 5.15. The predicted octanol–water partition coefficient (Wildman–Crippen LogP) is 4.44. The summed E-state index contributed by atoms with van der Waals surface area (Å²) in [5.74, 6) is 1.38. The first-order chi connectivity index (χ1) is 9.65. The van der Waals surface area contributed by atoms with Crippen molar-refractivity contribution >= 4 is 27.2 Å². The Balaban J connectivity index is 1.99. The number of thiophene rings is 1. The normalized spacial score (nSPS) is 25.5. The summed E-state index contributed by atoms with van der Waals surface area (Å²) in [6.45, 7) is 4.66. The molecule has 2 atom stereocenters. The minimum atomic E-state index is 0.573. The maximum absolute atomic E-state index is 6.57. The van der Waals surface area contributed by atoms with Crippen LogP contribution in [0.5, 0.6) is 0 Å². The van der Waals surface area contributed by atoms with Crippen molar-refractivity contribution in [1.82, 2.24) is 4.98 Å². The fourth-order valence-corrected chi connectivity index (χ4v) is 5.36. The van der Waals surface area contributed by atoms with Crippen LogP contribution < -0.4 is 5.73 Å². The summed E-state index contributed by atoms with van der Waals surface area (Å²) >= 11 is 1.90. The summed E-state index contributed by atoms with van der Waals surface area (Å²) < 4.78 is 0. The summed E-state index contributed by atoms with van der Waals surface area (Å²) in [5.41, 5.74) is 11.8. The Bertz CT molecular complexity index is 686. The van der Waals surface area contributed by atoms with Crippen LogP contribution in [0.2, 0.25) is 0 Å². The van der Waals surface area contributed by atoms with Gasteiger partial charge in [-0.1, -0.05) is 13.8 Å². The molecule has 2 unspecified atom stereocenters. The van der Waals surface area contributed by atoms with Gasteiger partial charge >= 0.3 is 0 Å². The lowest BCUT2D eigenvalue weighted by atomic mass is 9.84. The van der Waals surface area contributed by atoms with E-state index in [0.29, 0.717) is 5.92 Å². The van der Waals surface area contributed by atoms with Crippen molar-refractivity contribution in [2.75, 3.05) is 5.73 Å². The molecule has 2 heterocycles. The zero-order chi connectivity index (χ0) is 13.9. The van der Waals surface area contributed by atoms with E-state index in [0.717, 1.165) is 18.0 Å². The van der Waals surface area contributed by atoms with Gasteiger partial charge in [0, 0.05) is 16.0 Å². The topological polar surface area (TPSA) is 38.9 Å². The molecular weight excluding hydrogens is 264 g/mol. The second-order valence-electron chi connectivity index (χ2n) is 6.71. The van der Waals surface area contributed by atoms with Gasteiger partial charge in [-0.25, -0.2) is 4.98 Å². The molecular formula is C17H22N2S. The summed E-state index contributed by atoms with van der Waals surface area (Å²) in [6.07, 6.45) is 7.34. The van der Waals surface area contributed by atoms with E-state index in [-0.39, 0.29) is 0 Å². The number of aromatic nitrogens is 1. The minimum Gasteiger partial charge on any atom is -0.398 e. The molecule has 2 aliphatic carbocycles. The van der Waals surface area contributed by atoms with Crippen LogP contribution in [0.15, 0.2) is 0 Å². The molecule has 3 heteroatoms. The van der Waals surface area contributed by atoms with Crippen LogP contribution >= 0.6 is 11.3 Å². The van der Waals surface area contributed by atoms with Gasteiger partial charge in [0.2, 0.25) is 0 Å². The van der Waals surface area contributed by atoms with E-state index in [1.54, 1.807) is 4.88 Å². The maximum Gasteiger partial charge on any atom is 0.126 e. The molecule has 0 aliphatic heterocycles. The van der Waals surface area contributed by atoms with Gasteiger partial charge in [0.1, 0.15) is 4.83 Å². The van der Waals surface area contributed by atoms with E-state index in [9.17, 15) is 0 Å². The highest BCUT2D eigenvalue weighted by Gasteiger charge is 2.27. The monoisotopic (exact) mass is 286 g/mol. The molecule has 0 spiro atoms. The molecule has 0 aromatic carbocycles. The number of nitrogens with zero attached hydrogens (tertiary/aromatic N) is 1. The molecule has 0 amide bonds. The second-order valence-corrected chi connectivity index (χ2v) is 7.80. The van der Waals surface area contributed by atoms with Crippen LogP contribution in [0.4, 0.5) is 5.69 Å². The molecule has 2 aromatic heterocycles. The van der Waals surface area contributed by atoms with Crippen molar-refractivity contribution in [1.29, 1.82) is 0 Å². The predicted molar refractivity (Wildman–Crippen MR) is 86.6 cm³/mol. The maximum atomic E-state index is 6.57. The van der Waals surface area contributed by atoms with Crippen molar-refractivity contribution in [2.24, 2.45) is 5.92 Å². The van der Waals surface area contributed by atoms with Gasteiger partial charge in [-0.15, -0.1) is 11.3 Å². The second kappa shape index (κ2) is 4.45. The smallest absolute Gasteiger partial charge is 0.126 e. The molecule has 2 aliphatic rings. The molecule has 106 valence electrons. The molecule has 0 bridgehead atoms. The molecule has 2 aromatic rings. The minimum absolute atomic E-state index is 0.573. The number of hydrogen-bond donors (Lipinski definition) is 1. The fraction of sp³-hybridized carbons (Fsp3) is 0.588. The first-order valence-electron chi connectivity index (χ1n) is 7.87. The summed E-state index contributed by atoms with van der Waals surface area (Å²) in [5, 5.41) is 1.31.